The number of carbonyl (C=O) groups is 1. The van der Waals surface area contributed by atoms with Crippen LogP contribution in [0.3, 0.4) is 0 Å². The monoisotopic (exact) mass is 326 g/mol. The number of nitrogens with zero attached hydrogens (tertiary/aromatic N) is 1. The number of hydrogen-bond acceptors (Lipinski definition) is 5. The van der Waals surface area contributed by atoms with Gasteiger partial charge in [-0.3, -0.25) is 4.79 Å². The van der Waals surface area contributed by atoms with Crippen LogP contribution in [0.15, 0.2) is 58.4 Å². The van der Waals surface area contributed by atoms with Crippen LogP contribution in [0.4, 0.5) is 5.69 Å². The van der Waals surface area contributed by atoms with Gasteiger partial charge in [0.25, 0.3) is 5.91 Å². The van der Waals surface area contributed by atoms with E-state index in [1.807, 2.05) is 24.3 Å². The van der Waals surface area contributed by atoms with Gasteiger partial charge < -0.3 is 15.2 Å². The molecule has 0 unspecified atom stereocenters. The molecule has 2 N–H and O–H groups in total. The summed E-state index contributed by atoms with van der Waals surface area (Å²) in [5.74, 6) is 0.769. The van der Waals surface area contributed by atoms with Gasteiger partial charge in [0.1, 0.15) is 11.5 Å². The van der Waals surface area contributed by atoms with Crippen molar-refractivity contribution in [2.75, 3.05) is 7.11 Å². The molecule has 2 aromatic rings. The summed E-state index contributed by atoms with van der Waals surface area (Å²) in [6.45, 7) is 0. The molecular formula is C17H14N2O3S. The van der Waals surface area contributed by atoms with E-state index >= 15 is 0 Å². The summed E-state index contributed by atoms with van der Waals surface area (Å²) >= 11 is 1.28. The van der Waals surface area contributed by atoms with Crippen LogP contribution in [0, 0.1) is 0 Å². The number of phenols is 1. The number of methoxy groups -OCH3 is 1. The molecule has 0 atom stereocenters. The quantitative estimate of drug-likeness (QED) is 0.849. The van der Waals surface area contributed by atoms with Crippen LogP contribution >= 0.6 is 11.8 Å². The highest BCUT2D eigenvalue weighted by Crippen LogP contribution is 2.28. The van der Waals surface area contributed by atoms with Gasteiger partial charge in [0.2, 0.25) is 0 Å². The number of rotatable bonds is 3. The molecule has 1 amide bonds. The number of carbonyl (C=O) groups excluding carboxylic acids is 1. The van der Waals surface area contributed by atoms with Crippen molar-refractivity contribution in [1.29, 1.82) is 0 Å². The molecule has 5 nitrogen and oxygen atoms in total. The van der Waals surface area contributed by atoms with Crippen molar-refractivity contribution < 1.29 is 14.6 Å². The predicted molar refractivity (Wildman–Crippen MR) is 91.9 cm³/mol. The van der Waals surface area contributed by atoms with E-state index in [4.69, 9.17) is 4.74 Å². The second-order valence-electron chi connectivity index (χ2n) is 4.77. The Morgan fingerprint density at radius 3 is 2.48 bits per heavy atom. The number of hydrogen-bond donors (Lipinski definition) is 2. The maximum atomic E-state index is 12.0. The molecule has 1 heterocycles. The van der Waals surface area contributed by atoms with Crippen molar-refractivity contribution in [3.63, 3.8) is 0 Å². The smallest absolute Gasteiger partial charge is 0.264 e. The summed E-state index contributed by atoms with van der Waals surface area (Å²) in [4.78, 5) is 16.9. The van der Waals surface area contributed by atoms with Gasteiger partial charge in [0.05, 0.1) is 17.7 Å². The van der Waals surface area contributed by atoms with E-state index in [9.17, 15) is 9.90 Å². The van der Waals surface area contributed by atoms with Crippen molar-refractivity contribution in [3.05, 3.63) is 59.0 Å². The zero-order valence-corrected chi connectivity index (χ0v) is 13.1. The lowest BCUT2D eigenvalue weighted by Gasteiger charge is -1.99. The second-order valence-corrected chi connectivity index (χ2v) is 5.80. The zero-order valence-electron chi connectivity index (χ0n) is 12.3. The van der Waals surface area contributed by atoms with Crippen molar-refractivity contribution in [2.24, 2.45) is 4.99 Å². The van der Waals surface area contributed by atoms with Gasteiger partial charge in [-0.1, -0.05) is 12.1 Å². The van der Waals surface area contributed by atoms with Gasteiger partial charge in [-0.15, -0.1) is 0 Å². The van der Waals surface area contributed by atoms with Crippen LogP contribution in [0.5, 0.6) is 11.5 Å². The molecule has 1 aliphatic rings. The van der Waals surface area contributed by atoms with Gasteiger partial charge in [-0.25, -0.2) is 4.99 Å². The molecule has 0 bridgehead atoms. The average molecular weight is 326 g/mol. The Kier molecular flexibility index (Phi) is 4.34. The lowest BCUT2D eigenvalue weighted by Crippen LogP contribution is -2.19. The molecule has 0 radical (unpaired) electrons. The van der Waals surface area contributed by atoms with Crippen molar-refractivity contribution in [2.45, 2.75) is 0 Å². The third-order valence-electron chi connectivity index (χ3n) is 3.14. The van der Waals surface area contributed by atoms with Gasteiger partial charge >= 0.3 is 0 Å². The van der Waals surface area contributed by atoms with Crippen LogP contribution < -0.4 is 10.1 Å². The van der Waals surface area contributed by atoms with E-state index < -0.39 is 0 Å². The molecule has 0 aromatic heterocycles. The summed E-state index contributed by atoms with van der Waals surface area (Å²) in [5, 5.41) is 12.5. The Morgan fingerprint density at radius 2 is 1.83 bits per heavy atom. The molecule has 3 rings (SSSR count). The number of ether oxygens (including phenoxy) is 1. The molecule has 116 valence electrons. The van der Waals surface area contributed by atoms with Crippen LogP contribution in [0.1, 0.15) is 5.56 Å². The molecule has 6 heteroatoms. The van der Waals surface area contributed by atoms with E-state index in [0.717, 1.165) is 11.3 Å². The first-order chi connectivity index (χ1) is 11.1. The Morgan fingerprint density at radius 1 is 1.13 bits per heavy atom. The van der Waals surface area contributed by atoms with Crippen molar-refractivity contribution >= 4 is 34.6 Å². The fourth-order valence-corrected chi connectivity index (χ4v) is 2.82. The van der Waals surface area contributed by atoms with E-state index in [2.05, 4.69) is 10.3 Å². The summed E-state index contributed by atoms with van der Waals surface area (Å²) in [5.41, 5.74) is 1.57. The highest BCUT2D eigenvalue weighted by atomic mass is 32.2. The second kappa shape index (κ2) is 6.58. The number of amidine groups is 1. The van der Waals surface area contributed by atoms with Gasteiger partial charge in [0.15, 0.2) is 5.17 Å². The highest BCUT2D eigenvalue weighted by molar-refractivity contribution is 8.18. The topological polar surface area (TPSA) is 70.9 Å². The maximum Gasteiger partial charge on any atom is 0.264 e. The van der Waals surface area contributed by atoms with Crippen LogP contribution in [0.25, 0.3) is 6.08 Å². The Balaban J connectivity index is 1.78. The Bertz CT molecular complexity index is 780. The lowest BCUT2D eigenvalue weighted by molar-refractivity contribution is -0.115. The van der Waals surface area contributed by atoms with E-state index in [0.29, 0.717) is 15.8 Å². The molecular weight excluding hydrogens is 312 g/mol. The molecule has 0 saturated carbocycles. The fourth-order valence-electron chi connectivity index (χ4n) is 1.98. The number of aromatic hydroxyl groups is 1. The summed E-state index contributed by atoms with van der Waals surface area (Å²) in [6, 6.07) is 13.9. The van der Waals surface area contributed by atoms with Gasteiger partial charge in [0, 0.05) is 0 Å². The lowest BCUT2D eigenvalue weighted by atomic mass is 10.2. The van der Waals surface area contributed by atoms with E-state index in [1.54, 1.807) is 37.5 Å². The first-order valence-corrected chi connectivity index (χ1v) is 7.68. The predicted octanol–water partition coefficient (Wildman–Crippen LogP) is 3.29. The summed E-state index contributed by atoms with van der Waals surface area (Å²) < 4.78 is 5.11. The largest absolute Gasteiger partial charge is 0.508 e. The minimum absolute atomic E-state index is 0.177. The van der Waals surface area contributed by atoms with E-state index in [1.165, 1.54) is 11.8 Å². The molecule has 0 spiro atoms. The number of benzene rings is 2. The maximum absolute atomic E-state index is 12.0. The van der Waals surface area contributed by atoms with Gasteiger partial charge in [-0.2, -0.15) is 0 Å². The average Bonchev–Trinajstić information content (AvgIpc) is 2.90. The van der Waals surface area contributed by atoms with Crippen molar-refractivity contribution in [3.8, 4) is 11.5 Å². The third-order valence-corrected chi connectivity index (χ3v) is 4.05. The molecule has 1 fully saturated rings. The number of amides is 1. The fraction of sp³-hybridized carbons (Fsp3) is 0.0588. The number of thioether (sulfide) groups is 1. The number of nitrogens with one attached hydrogen (secondary N) is 1. The standard InChI is InChI=1S/C17H14N2O3S/c1-22-14-8-2-11(3-9-14)10-15-16(21)19-17(23-15)18-12-4-6-13(20)7-5-12/h2-10,20H,1H3,(H,18,19,21)/b15-10-. The molecule has 1 aliphatic heterocycles. The highest BCUT2D eigenvalue weighted by Gasteiger charge is 2.23. The SMILES string of the molecule is COc1ccc(/C=C2\SC(=Nc3ccc(O)cc3)NC2=O)cc1. The minimum Gasteiger partial charge on any atom is -0.508 e. The van der Waals surface area contributed by atoms with Crippen LogP contribution in [-0.2, 0) is 4.79 Å². The Hall–Kier alpha value is -2.73. The molecule has 0 aliphatic carbocycles. The summed E-state index contributed by atoms with van der Waals surface area (Å²) in [7, 11) is 1.61. The third kappa shape index (κ3) is 3.73. The first kappa shape index (κ1) is 15.2. The van der Waals surface area contributed by atoms with Crippen LogP contribution in [0.2, 0.25) is 0 Å². The Labute approximate surface area is 137 Å². The zero-order chi connectivity index (χ0) is 16.2. The first-order valence-electron chi connectivity index (χ1n) is 6.87. The normalized spacial score (nSPS) is 17.5. The number of phenolic OH excluding ortho intramolecular Hbond substituents is 1. The summed E-state index contributed by atoms with van der Waals surface area (Å²) in [6.07, 6.45) is 1.80. The van der Waals surface area contributed by atoms with E-state index in [-0.39, 0.29) is 11.7 Å². The molecule has 1 saturated heterocycles. The number of aliphatic imine (C=N–C) groups is 1. The molecule has 23 heavy (non-hydrogen) atoms. The minimum atomic E-state index is -0.177. The van der Waals surface area contributed by atoms with Crippen LogP contribution in [-0.4, -0.2) is 23.3 Å². The van der Waals surface area contributed by atoms with Gasteiger partial charge in [-0.05, 0) is 59.8 Å². The molecule has 2 aromatic carbocycles. The van der Waals surface area contributed by atoms with Crippen molar-refractivity contribution in [1.82, 2.24) is 5.32 Å².